The minimum Gasteiger partial charge on any atom is -0.383 e. The summed E-state index contributed by atoms with van der Waals surface area (Å²) < 4.78 is 37.5. The zero-order valence-electron chi connectivity index (χ0n) is 13.0. The van der Waals surface area contributed by atoms with Crippen molar-refractivity contribution < 1.29 is 23.1 Å². The third-order valence-electron chi connectivity index (χ3n) is 4.47. The number of aliphatic hydroxyl groups is 1. The molecule has 3 rings (SSSR count). The van der Waals surface area contributed by atoms with Gasteiger partial charge in [-0.2, -0.15) is 13.2 Å². The summed E-state index contributed by atoms with van der Waals surface area (Å²) in [4.78, 5) is 22.0. The van der Waals surface area contributed by atoms with Gasteiger partial charge in [0.2, 0.25) is 0 Å². The molecule has 24 heavy (non-hydrogen) atoms. The Morgan fingerprint density at radius 2 is 1.79 bits per heavy atom. The molecule has 1 unspecified atom stereocenters. The normalized spacial score (nSPS) is 20.8. The molecule has 1 aliphatic heterocycles. The zero-order valence-corrected chi connectivity index (χ0v) is 13.0. The van der Waals surface area contributed by atoms with Crippen LogP contribution in [0.2, 0.25) is 0 Å². The van der Waals surface area contributed by atoms with Crippen LogP contribution < -0.4 is 5.32 Å². The smallest absolute Gasteiger partial charge is 0.383 e. The van der Waals surface area contributed by atoms with E-state index in [9.17, 15) is 23.1 Å². The second-order valence-electron chi connectivity index (χ2n) is 6.35. The van der Waals surface area contributed by atoms with E-state index in [0.717, 1.165) is 18.7 Å². The number of carbonyl (C=O) groups excluding carboxylic acids is 1. The summed E-state index contributed by atoms with van der Waals surface area (Å²) in [6.45, 7) is 0.343. The molecule has 132 valence electrons. The van der Waals surface area contributed by atoms with Gasteiger partial charge in [-0.1, -0.05) is 0 Å². The molecule has 1 saturated heterocycles. The third kappa shape index (κ3) is 3.95. The number of halogens is 3. The lowest BCUT2D eigenvalue weighted by Gasteiger charge is -2.34. The number of nitrogens with one attached hydrogen (secondary N) is 1. The Bertz CT molecular complexity index is 581. The lowest BCUT2D eigenvalue weighted by atomic mass is 9.91. The minimum atomic E-state index is -4.62. The van der Waals surface area contributed by atoms with Gasteiger partial charge in [0.1, 0.15) is 5.82 Å². The van der Waals surface area contributed by atoms with Crippen molar-refractivity contribution in [2.45, 2.75) is 43.9 Å². The molecule has 2 N–H and O–H groups in total. The van der Waals surface area contributed by atoms with E-state index in [1.807, 2.05) is 0 Å². The van der Waals surface area contributed by atoms with Crippen LogP contribution in [0.3, 0.4) is 0 Å². The van der Waals surface area contributed by atoms with Crippen molar-refractivity contribution in [2.24, 2.45) is 5.92 Å². The number of alkyl halides is 3. The second-order valence-corrected chi connectivity index (χ2v) is 6.35. The SMILES string of the molecule is O=C(Nc1cnc(C2CC2)nc1)N1CCC(C(O)C(F)(F)F)CC1. The number of nitrogens with zero attached hydrogens (tertiary/aromatic N) is 3. The Hall–Kier alpha value is -1.90. The quantitative estimate of drug-likeness (QED) is 0.883. The number of likely N-dealkylation sites (tertiary alicyclic amines) is 1. The number of anilines is 1. The number of hydrogen-bond acceptors (Lipinski definition) is 4. The topological polar surface area (TPSA) is 78.4 Å². The summed E-state index contributed by atoms with van der Waals surface area (Å²) in [7, 11) is 0. The van der Waals surface area contributed by atoms with Gasteiger partial charge in [0.25, 0.3) is 0 Å². The molecule has 9 heteroatoms. The Kier molecular flexibility index (Phi) is 4.62. The van der Waals surface area contributed by atoms with Crippen LogP contribution in [0, 0.1) is 5.92 Å². The zero-order chi connectivity index (χ0) is 17.3. The first kappa shape index (κ1) is 16.9. The van der Waals surface area contributed by atoms with Gasteiger partial charge in [0.05, 0.1) is 18.1 Å². The van der Waals surface area contributed by atoms with Crippen molar-refractivity contribution in [3.05, 3.63) is 18.2 Å². The monoisotopic (exact) mass is 344 g/mol. The largest absolute Gasteiger partial charge is 0.414 e. The van der Waals surface area contributed by atoms with E-state index >= 15 is 0 Å². The van der Waals surface area contributed by atoms with Crippen LogP contribution in [-0.4, -0.2) is 51.4 Å². The highest BCUT2D eigenvalue weighted by Gasteiger charge is 2.44. The molecular weight excluding hydrogens is 325 g/mol. The van der Waals surface area contributed by atoms with Crippen LogP contribution in [-0.2, 0) is 0 Å². The van der Waals surface area contributed by atoms with Crippen LogP contribution in [0.15, 0.2) is 12.4 Å². The molecular formula is C15H19F3N4O2. The van der Waals surface area contributed by atoms with Crippen LogP contribution >= 0.6 is 0 Å². The van der Waals surface area contributed by atoms with Crippen LogP contribution in [0.25, 0.3) is 0 Å². The van der Waals surface area contributed by atoms with E-state index < -0.39 is 24.2 Å². The number of amides is 2. The van der Waals surface area contributed by atoms with Gasteiger partial charge < -0.3 is 15.3 Å². The summed E-state index contributed by atoms with van der Waals surface area (Å²) in [5.74, 6) is 0.332. The molecule has 1 saturated carbocycles. The fraction of sp³-hybridized carbons (Fsp3) is 0.667. The van der Waals surface area contributed by atoms with Crippen molar-refractivity contribution >= 4 is 11.7 Å². The first-order valence-electron chi connectivity index (χ1n) is 7.97. The molecule has 1 atom stereocenters. The maximum absolute atomic E-state index is 12.5. The highest BCUT2D eigenvalue weighted by atomic mass is 19.4. The van der Waals surface area contributed by atoms with Crippen molar-refractivity contribution in [2.75, 3.05) is 18.4 Å². The molecule has 1 aromatic rings. The average molecular weight is 344 g/mol. The number of hydrogen-bond donors (Lipinski definition) is 2. The van der Waals surface area contributed by atoms with E-state index in [-0.39, 0.29) is 25.9 Å². The van der Waals surface area contributed by atoms with Crippen LogP contribution in [0.1, 0.15) is 37.4 Å². The van der Waals surface area contributed by atoms with E-state index in [2.05, 4.69) is 15.3 Å². The van der Waals surface area contributed by atoms with E-state index in [1.54, 1.807) is 12.4 Å². The highest BCUT2D eigenvalue weighted by Crippen LogP contribution is 2.37. The minimum absolute atomic E-state index is 0.116. The predicted molar refractivity (Wildman–Crippen MR) is 79.4 cm³/mol. The van der Waals surface area contributed by atoms with E-state index in [4.69, 9.17) is 0 Å². The van der Waals surface area contributed by atoms with Crippen LogP contribution in [0.4, 0.5) is 23.7 Å². The molecule has 2 aliphatic rings. The number of carbonyl (C=O) groups is 1. The molecule has 2 heterocycles. The van der Waals surface area contributed by atoms with Gasteiger partial charge in [0, 0.05) is 19.0 Å². The van der Waals surface area contributed by atoms with Crippen molar-refractivity contribution in [1.82, 2.24) is 14.9 Å². The maximum Gasteiger partial charge on any atom is 0.414 e. The number of piperidine rings is 1. The molecule has 6 nitrogen and oxygen atoms in total. The lowest BCUT2D eigenvalue weighted by Crippen LogP contribution is -2.46. The Labute approximate surface area is 137 Å². The second kappa shape index (κ2) is 6.54. The van der Waals surface area contributed by atoms with Crippen molar-refractivity contribution in [1.29, 1.82) is 0 Å². The first-order valence-corrected chi connectivity index (χ1v) is 7.97. The summed E-state index contributed by atoms with van der Waals surface area (Å²) in [6, 6.07) is -0.391. The molecule has 0 bridgehead atoms. The average Bonchev–Trinajstić information content (AvgIpc) is 3.39. The van der Waals surface area contributed by atoms with Crippen LogP contribution in [0.5, 0.6) is 0 Å². The van der Waals surface area contributed by atoms with E-state index in [1.165, 1.54) is 4.90 Å². The van der Waals surface area contributed by atoms with Gasteiger partial charge in [-0.05, 0) is 31.6 Å². The summed E-state index contributed by atoms with van der Waals surface area (Å²) >= 11 is 0. The van der Waals surface area contributed by atoms with Crippen molar-refractivity contribution in [3.63, 3.8) is 0 Å². The predicted octanol–water partition coefficient (Wildman–Crippen LogP) is 2.52. The van der Waals surface area contributed by atoms with Gasteiger partial charge in [-0.3, -0.25) is 0 Å². The molecule has 2 amide bonds. The fourth-order valence-corrected chi connectivity index (χ4v) is 2.84. The summed E-state index contributed by atoms with van der Waals surface area (Å²) in [5, 5.41) is 11.9. The van der Waals surface area contributed by atoms with Gasteiger partial charge >= 0.3 is 12.2 Å². The van der Waals surface area contributed by atoms with Gasteiger partial charge in [0.15, 0.2) is 6.10 Å². The van der Waals surface area contributed by atoms with Gasteiger partial charge in [-0.15, -0.1) is 0 Å². The standard InChI is InChI=1S/C15H19F3N4O2/c16-15(17,18)12(23)9-3-5-22(6-4-9)14(24)21-11-7-19-13(20-8-11)10-1-2-10/h7-10,12,23H,1-6H2,(H,21,24). The lowest BCUT2D eigenvalue weighted by molar-refractivity contribution is -0.222. The fourth-order valence-electron chi connectivity index (χ4n) is 2.84. The number of aromatic nitrogens is 2. The van der Waals surface area contributed by atoms with E-state index in [0.29, 0.717) is 11.6 Å². The maximum atomic E-state index is 12.5. The number of rotatable bonds is 3. The Morgan fingerprint density at radius 3 is 2.29 bits per heavy atom. The Morgan fingerprint density at radius 1 is 1.21 bits per heavy atom. The summed E-state index contributed by atoms with van der Waals surface area (Å²) in [5.41, 5.74) is 0.460. The highest BCUT2D eigenvalue weighted by molar-refractivity contribution is 5.89. The molecule has 1 aliphatic carbocycles. The molecule has 2 fully saturated rings. The molecule has 0 radical (unpaired) electrons. The third-order valence-corrected chi connectivity index (χ3v) is 4.47. The summed E-state index contributed by atoms with van der Waals surface area (Å²) in [6.07, 6.45) is -1.45. The van der Waals surface area contributed by atoms with Crippen molar-refractivity contribution in [3.8, 4) is 0 Å². The molecule has 1 aromatic heterocycles. The molecule has 0 aromatic carbocycles. The van der Waals surface area contributed by atoms with Gasteiger partial charge in [-0.25, -0.2) is 14.8 Å². The first-order chi connectivity index (χ1) is 11.3. The number of aliphatic hydroxyl groups excluding tert-OH is 1. The Balaban J connectivity index is 1.49. The number of urea groups is 1. The molecule has 0 spiro atoms.